The second kappa shape index (κ2) is 8.78. The second-order valence-corrected chi connectivity index (χ2v) is 7.72. The van der Waals surface area contributed by atoms with E-state index in [1.54, 1.807) is 32.0 Å². The quantitative estimate of drug-likeness (QED) is 0.606. The maximum absolute atomic E-state index is 13.0. The summed E-state index contributed by atoms with van der Waals surface area (Å²) in [5, 5.41) is 3.40. The molecule has 3 aromatic rings. The fraction of sp³-hybridized carbons (Fsp3) is 0.192. The average Bonchev–Trinajstić information content (AvgIpc) is 2.83. The van der Waals surface area contributed by atoms with Crippen molar-refractivity contribution in [3.05, 3.63) is 92.9 Å². The lowest BCUT2D eigenvalue weighted by Gasteiger charge is -2.30. The van der Waals surface area contributed by atoms with Crippen LogP contribution in [0.2, 0.25) is 0 Å². The topological polar surface area (TPSA) is 94.8 Å². The van der Waals surface area contributed by atoms with Crippen molar-refractivity contribution in [3.63, 3.8) is 0 Å². The van der Waals surface area contributed by atoms with Gasteiger partial charge in [-0.3, -0.25) is 4.79 Å². The fourth-order valence-electron chi connectivity index (χ4n) is 4.19. The minimum absolute atomic E-state index is 0.230. The Labute approximate surface area is 190 Å². The van der Waals surface area contributed by atoms with E-state index in [1.165, 1.54) is 20.3 Å². The van der Waals surface area contributed by atoms with Crippen molar-refractivity contribution >= 4 is 22.9 Å². The minimum atomic E-state index is -0.774. The Bertz CT molecular complexity index is 1340. The van der Waals surface area contributed by atoms with Crippen LogP contribution in [0, 0.1) is 0 Å². The van der Waals surface area contributed by atoms with Crippen molar-refractivity contribution in [1.82, 2.24) is 5.32 Å². The maximum Gasteiger partial charge on any atom is 0.336 e. The van der Waals surface area contributed by atoms with Gasteiger partial charge in [-0.1, -0.05) is 36.4 Å². The second-order valence-electron chi connectivity index (χ2n) is 7.72. The van der Waals surface area contributed by atoms with Crippen LogP contribution >= 0.6 is 0 Å². The number of ether oxygens (including phenoxy) is 2. The minimum Gasteiger partial charge on any atom is -0.466 e. The van der Waals surface area contributed by atoms with E-state index >= 15 is 0 Å². The van der Waals surface area contributed by atoms with Gasteiger partial charge in [-0.25, -0.2) is 9.59 Å². The maximum atomic E-state index is 13.0. The van der Waals surface area contributed by atoms with E-state index in [2.05, 4.69) is 5.32 Å². The van der Waals surface area contributed by atoms with Gasteiger partial charge in [0.15, 0.2) is 5.43 Å². The van der Waals surface area contributed by atoms with Crippen LogP contribution in [0.4, 0.5) is 0 Å². The monoisotopic (exact) mass is 445 g/mol. The number of fused-ring (bicyclic) bond motifs is 1. The number of allylic oxidation sites excluding steroid dienone is 2. The molecule has 0 radical (unpaired) electrons. The zero-order valence-electron chi connectivity index (χ0n) is 18.7. The van der Waals surface area contributed by atoms with E-state index in [1.807, 2.05) is 30.3 Å². The normalized spacial score (nSPS) is 14.3. The Hall–Kier alpha value is -4.13. The Balaban J connectivity index is 1.91. The van der Waals surface area contributed by atoms with Gasteiger partial charge in [0.2, 0.25) is 0 Å². The van der Waals surface area contributed by atoms with Crippen LogP contribution in [-0.2, 0) is 19.1 Å². The van der Waals surface area contributed by atoms with Crippen molar-refractivity contribution in [3.8, 4) is 11.3 Å². The summed E-state index contributed by atoms with van der Waals surface area (Å²) in [6.45, 7) is 3.47. The summed E-state index contributed by atoms with van der Waals surface area (Å²) in [4.78, 5) is 38.4. The zero-order valence-corrected chi connectivity index (χ0v) is 18.7. The van der Waals surface area contributed by atoms with Crippen molar-refractivity contribution < 1.29 is 23.5 Å². The smallest absolute Gasteiger partial charge is 0.336 e. The van der Waals surface area contributed by atoms with E-state index in [9.17, 15) is 14.4 Å². The number of hydrogen-bond donors (Lipinski definition) is 1. The predicted octanol–water partition coefficient (Wildman–Crippen LogP) is 4.04. The summed E-state index contributed by atoms with van der Waals surface area (Å²) in [5.41, 5.74) is 3.19. The number of hydrogen-bond acceptors (Lipinski definition) is 7. The first-order chi connectivity index (χ1) is 15.8. The van der Waals surface area contributed by atoms with Gasteiger partial charge in [-0.15, -0.1) is 0 Å². The number of carbonyl (C=O) groups excluding carboxylic acids is 2. The van der Waals surface area contributed by atoms with Crippen molar-refractivity contribution in [2.24, 2.45) is 0 Å². The molecule has 7 nitrogen and oxygen atoms in total. The molecule has 33 heavy (non-hydrogen) atoms. The molecule has 7 heteroatoms. The van der Waals surface area contributed by atoms with E-state index in [0.29, 0.717) is 33.7 Å². The largest absolute Gasteiger partial charge is 0.466 e. The molecule has 168 valence electrons. The number of nitrogens with one attached hydrogen (secondary N) is 1. The molecule has 0 spiro atoms. The van der Waals surface area contributed by atoms with E-state index < -0.39 is 17.9 Å². The average molecular weight is 445 g/mol. The molecule has 0 fully saturated rings. The lowest BCUT2D eigenvalue weighted by molar-refractivity contribution is -0.137. The molecular weight excluding hydrogens is 422 g/mol. The van der Waals surface area contributed by atoms with Crippen LogP contribution in [0.3, 0.4) is 0 Å². The Morgan fingerprint density at radius 2 is 1.48 bits per heavy atom. The highest BCUT2D eigenvalue weighted by molar-refractivity contribution is 6.00. The number of dihydropyridines is 1. The van der Waals surface area contributed by atoms with Gasteiger partial charge >= 0.3 is 11.9 Å². The van der Waals surface area contributed by atoms with Gasteiger partial charge in [0.1, 0.15) is 11.3 Å². The van der Waals surface area contributed by atoms with Crippen molar-refractivity contribution in [2.75, 3.05) is 14.2 Å². The highest BCUT2D eigenvalue weighted by Crippen LogP contribution is 2.40. The summed E-state index contributed by atoms with van der Waals surface area (Å²) in [7, 11) is 2.56. The summed E-state index contributed by atoms with van der Waals surface area (Å²) >= 11 is 0. The fourth-order valence-corrected chi connectivity index (χ4v) is 4.19. The molecule has 0 saturated heterocycles. The summed E-state index contributed by atoms with van der Waals surface area (Å²) in [5.74, 6) is -1.47. The molecule has 2 heterocycles. The van der Waals surface area contributed by atoms with E-state index in [-0.39, 0.29) is 16.6 Å². The molecule has 2 aromatic carbocycles. The van der Waals surface area contributed by atoms with Crippen LogP contribution in [-0.4, -0.2) is 26.2 Å². The molecule has 1 N–H and O–H groups in total. The van der Waals surface area contributed by atoms with Gasteiger partial charge in [-0.2, -0.15) is 0 Å². The molecule has 4 rings (SSSR count). The number of rotatable bonds is 4. The first-order valence-electron chi connectivity index (χ1n) is 10.3. The SMILES string of the molecule is COC(=O)C1=C(C)NC(C)=C(C(=O)OC)C1c1ccc2oc(-c3ccccc3)cc(=O)c2c1. The zero-order chi connectivity index (χ0) is 23.7. The molecule has 1 aromatic heterocycles. The first kappa shape index (κ1) is 22.1. The number of esters is 2. The number of carbonyl (C=O) groups is 2. The van der Waals surface area contributed by atoms with Crippen LogP contribution in [0.15, 0.2) is 86.3 Å². The van der Waals surface area contributed by atoms with Gasteiger partial charge in [0.25, 0.3) is 0 Å². The van der Waals surface area contributed by atoms with Crippen LogP contribution in [0.1, 0.15) is 25.3 Å². The highest BCUT2D eigenvalue weighted by atomic mass is 16.5. The molecule has 0 unspecified atom stereocenters. The molecule has 1 aliphatic rings. The van der Waals surface area contributed by atoms with Crippen LogP contribution in [0.5, 0.6) is 0 Å². The van der Waals surface area contributed by atoms with Gasteiger partial charge < -0.3 is 19.2 Å². The molecule has 0 atom stereocenters. The van der Waals surface area contributed by atoms with Gasteiger partial charge in [-0.05, 0) is 31.5 Å². The third-order valence-electron chi connectivity index (χ3n) is 5.71. The summed E-state index contributed by atoms with van der Waals surface area (Å²) in [6.07, 6.45) is 0. The third-order valence-corrected chi connectivity index (χ3v) is 5.71. The van der Waals surface area contributed by atoms with Crippen LogP contribution < -0.4 is 10.7 Å². The molecule has 1 aliphatic heterocycles. The van der Waals surface area contributed by atoms with Crippen molar-refractivity contribution in [2.45, 2.75) is 19.8 Å². The standard InChI is InChI=1S/C26H23NO6/c1-14-22(25(29)31-3)24(23(15(2)27-14)26(30)32-4)17-10-11-20-18(12-17)19(28)13-21(33-20)16-8-6-5-7-9-16/h5-13,24,27H,1-4H3. The first-order valence-corrected chi connectivity index (χ1v) is 10.3. The number of methoxy groups -OCH3 is 2. The summed E-state index contributed by atoms with van der Waals surface area (Å²) < 4.78 is 16.0. The van der Waals surface area contributed by atoms with Gasteiger partial charge in [0, 0.05) is 23.0 Å². The lowest BCUT2D eigenvalue weighted by Crippen LogP contribution is -2.32. The lowest BCUT2D eigenvalue weighted by atomic mass is 9.80. The molecule has 0 bridgehead atoms. The molecule has 0 amide bonds. The van der Waals surface area contributed by atoms with Crippen molar-refractivity contribution in [1.29, 1.82) is 0 Å². The summed E-state index contributed by atoms with van der Waals surface area (Å²) in [6, 6.07) is 15.8. The van der Waals surface area contributed by atoms with E-state index in [4.69, 9.17) is 13.9 Å². The third kappa shape index (κ3) is 3.93. The molecular formula is C26H23NO6. The Morgan fingerprint density at radius 1 is 0.879 bits per heavy atom. The highest BCUT2D eigenvalue weighted by Gasteiger charge is 2.37. The number of benzene rings is 2. The van der Waals surface area contributed by atoms with Gasteiger partial charge in [0.05, 0.1) is 36.7 Å². The Morgan fingerprint density at radius 3 is 2.06 bits per heavy atom. The van der Waals surface area contributed by atoms with Crippen LogP contribution in [0.25, 0.3) is 22.3 Å². The predicted molar refractivity (Wildman–Crippen MR) is 123 cm³/mol. The molecule has 0 saturated carbocycles. The Kier molecular flexibility index (Phi) is 5.87. The van der Waals surface area contributed by atoms with E-state index in [0.717, 1.165) is 5.56 Å². The molecule has 0 aliphatic carbocycles.